The summed E-state index contributed by atoms with van der Waals surface area (Å²) in [7, 11) is 0. The molecular formula is C14H14ClFN2. The van der Waals surface area contributed by atoms with E-state index in [2.05, 4.69) is 9.97 Å². The van der Waals surface area contributed by atoms with Crippen LogP contribution in [0.5, 0.6) is 0 Å². The second-order valence-electron chi connectivity index (χ2n) is 5.16. The summed E-state index contributed by atoms with van der Waals surface area (Å²) < 4.78 is 13.2. The van der Waals surface area contributed by atoms with Gasteiger partial charge in [0.15, 0.2) is 0 Å². The molecule has 18 heavy (non-hydrogen) atoms. The lowest BCUT2D eigenvalue weighted by Gasteiger charge is -2.17. The van der Waals surface area contributed by atoms with Gasteiger partial charge in [0.25, 0.3) is 0 Å². The second kappa shape index (κ2) is 4.65. The summed E-state index contributed by atoms with van der Waals surface area (Å²) in [4.78, 5) is 8.67. The van der Waals surface area contributed by atoms with E-state index in [0.717, 1.165) is 0 Å². The number of halogens is 2. The van der Waals surface area contributed by atoms with Crippen molar-refractivity contribution in [1.29, 1.82) is 0 Å². The molecule has 1 aromatic carbocycles. The number of hydrogen-bond donors (Lipinski definition) is 0. The first-order chi connectivity index (χ1) is 8.36. The zero-order chi connectivity index (χ0) is 13.3. The third kappa shape index (κ3) is 2.85. The van der Waals surface area contributed by atoms with Crippen molar-refractivity contribution >= 4 is 11.6 Å². The van der Waals surface area contributed by atoms with Crippen LogP contribution in [0.2, 0.25) is 5.15 Å². The standard InChI is InChI=1S/C14H14ClFN2/c1-14(2,3)13-17-11(8-12(15)18-13)9-5-4-6-10(16)7-9/h4-8H,1-3H3. The van der Waals surface area contributed by atoms with Gasteiger partial charge in [0.1, 0.15) is 16.8 Å². The topological polar surface area (TPSA) is 25.8 Å². The van der Waals surface area contributed by atoms with E-state index >= 15 is 0 Å². The van der Waals surface area contributed by atoms with E-state index in [0.29, 0.717) is 22.2 Å². The molecule has 0 N–H and O–H groups in total. The fourth-order valence-electron chi connectivity index (χ4n) is 1.55. The van der Waals surface area contributed by atoms with Crippen LogP contribution in [0.1, 0.15) is 26.6 Å². The Kier molecular flexibility index (Phi) is 3.35. The highest BCUT2D eigenvalue weighted by atomic mass is 35.5. The van der Waals surface area contributed by atoms with E-state index in [1.54, 1.807) is 18.2 Å². The van der Waals surface area contributed by atoms with E-state index in [1.165, 1.54) is 12.1 Å². The largest absolute Gasteiger partial charge is 0.232 e. The van der Waals surface area contributed by atoms with Crippen LogP contribution in [0, 0.1) is 5.82 Å². The van der Waals surface area contributed by atoms with Crippen LogP contribution < -0.4 is 0 Å². The predicted octanol–water partition coefficient (Wildman–Crippen LogP) is 4.23. The number of benzene rings is 1. The molecule has 0 saturated heterocycles. The molecule has 0 saturated carbocycles. The van der Waals surface area contributed by atoms with Gasteiger partial charge in [-0.3, -0.25) is 0 Å². The lowest BCUT2D eigenvalue weighted by Crippen LogP contribution is -2.16. The zero-order valence-corrected chi connectivity index (χ0v) is 11.3. The Balaban J connectivity index is 2.55. The Labute approximate surface area is 111 Å². The van der Waals surface area contributed by atoms with Gasteiger partial charge in [0.05, 0.1) is 5.69 Å². The number of aromatic nitrogens is 2. The average molecular weight is 265 g/mol. The van der Waals surface area contributed by atoms with Crippen LogP contribution >= 0.6 is 11.6 Å². The summed E-state index contributed by atoms with van der Waals surface area (Å²) in [6.07, 6.45) is 0. The first-order valence-corrected chi connectivity index (χ1v) is 6.05. The van der Waals surface area contributed by atoms with E-state index in [1.807, 2.05) is 20.8 Å². The highest BCUT2D eigenvalue weighted by molar-refractivity contribution is 6.29. The maximum Gasteiger partial charge on any atom is 0.136 e. The van der Waals surface area contributed by atoms with E-state index in [9.17, 15) is 4.39 Å². The summed E-state index contributed by atoms with van der Waals surface area (Å²) >= 11 is 6.00. The quantitative estimate of drug-likeness (QED) is 0.720. The molecule has 0 fully saturated rings. The van der Waals surface area contributed by atoms with Crippen LogP contribution in [0.25, 0.3) is 11.3 Å². The Morgan fingerprint density at radius 1 is 1.11 bits per heavy atom. The summed E-state index contributed by atoms with van der Waals surface area (Å²) in [5, 5.41) is 0.370. The summed E-state index contributed by atoms with van der Waals surface area (Å²) in [5.41, 5.74) is 1.14. The number of nitrogens with zero attached hydrogens (tertiary/aromatic N) is 2. The van der Waals surface area contributed by atoms with E-state index < -0.39 is 0 Å². The van der Waals surface area contributed by atoms with Gasteiger partial charge in [0, 0.05) is 17.0 Å². The Morgan fingerprint density at radius 3 is 2.44 bits per heavy atom. The third-order valence-electron chi connectivity index (χ3n) is 2.49. The van der Waals surface area contributed by atoms with Crippen LogP contribution in [-0.4, -0.2) is 9.97 Å². The van der Waals surface area contributed by atoms with Crippen molar-refractivity contribution in [3.05, 3.63) is 47.1 Å². The van der Waals surface area contributed by atoms with E-state index in [-0.39, 0.29) is 11.2 Å². The molecule has 94 valence electrons. The summed E-state index contributed by atoms with van der Waals surface area (Å²) in [6.45, 7) is 6.02. The molecule has 2 rings (SSSR count). The molecule has 0 amide bonds. The van der Waals surface area contributed by atoms with Crippen LogP contribution in [0.15, 0.2) is 30.3 Å². The molecule has 0 unspecified atom stereocenters. The van der Waals surface area contributed by atoms with Crippen LogP contribution in [-0.2, 0) is 5.41 Å². The number of rotatable bonds is 1. The van der Waals surface area contributed by atoms with Crippen molar-refractivity contribution in [2.75, 3.05) is 0 Å². The molecule has 2 aromatic rings. The monoisotopic (exact) mass is 264 g/mol. The molecule has 2 nitrogen and oxygen atoms in total. The van der Waals surface area contributed by atoms with Gasteiger partial charge in [-0.1, -0.05) is 44.5 Å². The first kappa shape index (κ1) is 13.0. The van der Waals surface area contributed by atoms with E-state index in [4.69, 9.17) is 11.6 Å². The smallest absolute Gasteiger partial charge is 0.136 e. The lowest BCUT2D eigenvalue weighted by molar-refractivity contribution is 0.546. The van der Waals surface area contributed by atoms with Gasteiger partial charge in [-0.25, -0.2) is 14.4 Å². The Bertz CT molecular complexity index is 576. The molecule has 0 atom stereocenters. The summed E-state index contributed by atoms with van der Waals surface area (Å²) in [6, 6.07) is 7.93. The van der Waals surface area contributed by atoms with Crippen LogP contribution in [0.4, 0.5) is 4.39 Å². The molecule has 4 heteroatoms. The molecule has 0 aliphatic heterocycles. The van der Waals surface area contributed by atoms with Gasteiger partial charge in [-0.05, 0) is 12.1 Å². The fourth-order valence-corrected chi connectivity index (χ4v) is 1.73. The fraction of sp³-hybridized carbons (Fsp3) is 0.286. The van der Waals surface area contributed by atoms with Crippen molar-refractivity contribution in [2.45, 2.75) is 26.2 Å². The average Bonchev–Trinajstić information content (AvgIpc) is 2.27. The van der Waals surface area contributed by atoms with Gasteiger partial charge in [-0.2, -0.15) is 0 Å². The predicted molar refractivity (Wildman–Crippen MR) is 71.1 cm³/mol. The molecule has 1 heterocycles. The highest BCUT2D eigenvalue weighted by Gasteiger charge is 2.19. The Hall–Kier alpha value is -1.48. The molecule has 1 aromatic heterocycles. The van der Waals surface area contributed by atoms with Gasteiger partial charge >= 0.3 is 0 Å². The molecule has 0 aliphatic rings. The molecule has 0 spiro atoms. The normalized spacial score (nSPS) is 11.6. The molecule has 0 bridgehead atoms. The first-order valence-electron chi connectivity index (χ1n) is 5.67. The molecule has 0 aliphatic carbocycles. The Morgan fingerprint density at radius 2 is 1.83 bits per heavy atom. The van der Waals surface area contributed by atoms with Gasteiger partial charge in [-0.15, -0.1) is 0 Å². The van der Waals surface area contributed by atoms with Gasteiger partial charge < -0.3 is 0 Å². The highest BCUT2D eigenvalue weighted by Crippen LogP contribution is 2.25. The maximum absolute atomic E-state index is 13.2. The minimum absolute atomic E-state index is 0.201. The minimum atomic E-state index is -0.292. The zero-order valence-electron chi connectivity index (χ0n) is 10.5. The van der Waals surface area contributed by atoms with Crippen molar-refractivity contribution in [3.63, 3.8) is 0 Å². The van der Waals surface area contributed by atoms with Crippen molar-refractivity contribution in [3.8, 4) is 11.3 Å². The lowest BCUT2D eigenvalue weighted by atomic mass is 9.95. The molecular weight excluding hydrogens is 251 g/mol. The summed E-state index contributed by atoms with van der Waals surface area (Å²) in [5.74, 6) is 0.355. The minimum Gasteiger partial charge on any atom is -0.232 e. The van der Waals surface area contributed by atoms with Crippen molar-refractivity contribution < 1.29 is 4.39 Å². The second-order valence-corrected chi connectivity index (χ2v) is 5.55. The van der Waals surface area contributed by atoms with Crippen molar-refractivity contribution in [2.24, 2.45) is 0 Å². The van der Waals surface area contributed by atoms with Crippen LogP contribution in [0.3, 0.4) is 0 Å². The molecule has 0 radical (unpaired) electrons. The maximum atomic E-state index is 13.2. The van der Waals surface area contributed by atoms with Crippen molar-refractivity contribution in [1.82, 2.24) is 9.97 Å². The van der Waals surface area contributed by atoms with Gasteiger partial charge in [0.2, 0.25) is 0 Å². The SMILES string of the molecule is CC(C)(C)c1nc(Cl)cc(-c2cccc(F)c2)n1. The number of hydrogen-bond acceptors (Lipinski definition) is 2. The third-order valence-corrected chi connectivity index (χ3v) is 2.68.